The van der Waals surface area contributed by atoms with E-state index in [0.717, 1.165) is 12.4 Å². The fraction of sp³-hybridized carbons (Fsp3) is 0.647. The van der Waals surface area contributed by atoms with Crippen LogP contribution in [-0.2, 0) is 0 Å². The molecule has 1 saturated carbocycles. The number of aliphatic imine (C=N–C) groups is 1. The molecule has 3 N–H and O–H groups in total. The van der Waals surface area contributed by atoms with E-state index in [1.165, 1.54) is 56.7 Å². The van der Waals surface area contributed by atoms with Crippen molar-refractivity contribution in [2.45, 2.75) is 37.6 Å². The molecule has 126 valence electrons. The van der Waals surface area contributed by atoms with E-state index in [9.17, 15) is 0 Å². The van der Waals surface area contributed by atoms with Crippen molar-refractivity contribution in [3.8, 4) is 0 Å². The molecule has 1 aliphatic carbocycles. The predicted molar refractivity (Wildman–Crippen MR) is 99.1 cm³/mol. The summed E-state index contributed by atoms with van der Waals surface area (Å²) in [7, 11) is 0. The third kappa shape index (κ3) is 4.38. The van der Waals surface area contributed by atoms with Crippen LogP contribution in [0.3, 0.4) is 0 Å². The fourth-order valence-corrected chi connectivity index (χ4v) is 4.56. The molecule has 0 spiro atoms. The quantitative estimate of drug-likeness (QED) is 0.655. The number of guanidine groups is 1. The average Bonchev–Trinajstić information content (AvgIpc) is 2.62. The van der Waals surface area contributed by atoms with Gasteiger partial charge in [-0.05, 0) is 25.0 Å². The highest BCUT2D eigenvalue weighted by atomic mass is 32.2. The lowest BCUT2D eigenvalue weighted by Crippen LogP contribution is -2.55. The van der Waals surface area contributed by atoms with Gasteiger partial charge in [0.1, 0.15) is 5.82 Å². The highest BCUT2D eigenvalue weighted by Crippen LogP contribution is 2.35. The Bertz CT molecular complexity index is 507. The third-order valence-corrected chi connectivity index (χ3v) is 5.87. The summed E-state index contributed by atoms with van der Waals surface area (Å²) in [5, 5.41) is 3.10. The summed E-state index contributed by atoms with van der Waals surface area (Å²) in [6.07, 6.45) is 8.23. The predicted octanol–water partition coefficient (Wildman–Crippen LogP) is 2.56. The maximum Gasteiger partial charge on any atom is 0.194 e. The Kier molecular flexibility index (Phi) is 5.78. The molecule has 1 aromatic rings. The van der Waals surface area contributed by atoms with E-state index in [1.54, 1.807) is 6.20 Å². The first-order chi connectivity index (χ1) is 11.3. The van der Waals surface area contributed by atoms with Crippen LogP contribution < -0.4 is 11.1 Å². The second-order valence-electron chi connectivity index (χ2n) is 6.43. The topological polar surface area (TPSA) is 66.5 Å². The van der Waals surface area contributed by atoms with Gasteiger partial charge in [-0.3, -0.25) is 9.89 Å². The van der Waals surface area contributed by atoms with E-state index in [2.05, 4.69) is 32.0 Å². The van der Waals surface area contributed by atoms with Crippen LogP contribution in [-0.4, -0.2) is 52.5 Å². The Hall–Kier alpha value is -1.27. The van der Waals surface area contributed by atoms with E-state index in [1.807, 2.05) is 18.2 Å². The average molecular weight is 334 g/mol. The highest BCUT2D eigenvalue weighted by Gasteiger charge is 2.38. The molecule has 1 saturated heterocycles. The number of nitrogens with two attached hydrogens (primary N) is 1. The van der Waals surface area contributed by atoms with Crippen LogP contribution >= 0.6 is 11.8 Å². The highest BCUT2D eigenvalue weighted by molar-refractivity contribution is 7.99. The lowest BCUT2D eigenvalue weighted by molar-refractivity contribution is 0.0673. The Morgan fingerprint density at radius 1 is 1.26 bits per heavy atom. The zero-order valence-electron chi connectivity index (χ0n) is 13.7. The van der Waals surface area contributed by atoms with Crippen molar-refractivity contribution >= 4 is 23.5 Å². The smallest absolute Gasteiger partial charge is 0.194 e. The van der Waals surface area contributed by atoms with Crippen molar-refractivity contribution in [2.24, 2.45) is 10.7 Å². The second-order valence-corrected chi connectivity index (χ2v) is 7.65. The standard InChI is InChI=1S/C17H27N5S/c18-16(21-15-6-2-5-9-19-15)20-14-17(7-3-1-4-8-17)22-10-12-23-13-11-22/h2,5-6,9H,1,3-4,7-8,10-14H2,(H3,18,19,20,21). The largest absolute Gasteiger partial charge is 0.370 e. The van der Waals surface area contributed by atoms with Gasteiger partial charge in [-0.2, -0.15) is 11.8 Å². The van der Waals surface area contributed by atoms with Gasteiger partial charge in [0.2, 0.25) is 0 Å². The summed E-state index contributed by atoms with van der Waals surface area (Å²) in [5.74, 6) is 3.71. The number of hydrogen-bond donors (Lipinski definition) is 2. The van der Waals surface area contributed by atoms with Gasteiger partial charge in [0.15, 0.2) is 5.96 Å². The molecule has 3 rings (SSSR count). The van der Waals surface area contributed by atoms with Gasteiger partial charge in [-0.25, -0.2) is 4.98 Å². The summed E-state index contributed by atoms with van der Waals surface area (Å²) < 4.78 is 0. The van der Waals surface area contributed by atoms with Crippen LogP contribution in [0.25, 0.3) is 0 Å². The Morgan fingerprint density at radius 2 is 2.04 bits per heavy atom. The minimum absolute atomic E-state index is 0.218. The molecule has 0 radical (unpaired) electrons. The molecule has 0 unspecified atom stereocenters. The second kappa shape index (κ2) is 8.02. The number of thioether (sulfide) groups is 1. The van der Waals surface area contributed by atoms with Gasteiger partial charge >= 0.3 is 0 Å². The molecule has 2 fully saturated rings. The fourth-order valence-electron chi connectivity index (χ4n) is 3.66. The summed E-state index contributed by atoms with van der Waals surface area (Å²) in [5.41, 5.74) is 6.31. The summed E-state index contributed by atoms with van der Waals surface area (Å²) in [6, 6.07) is 5.74. The van der Waals surface area contributed by atoms with E-state index in [0.29, 0.717) is 5.96 Å². The van der Waals surface area contributed by atoms with Gasteiger partial charge in [0.25, 0.3) is 0 Å². The molecule has 5 nitrogen and oxygen atoms in total. The van der Waals surface area contributed by atoms with Gasteiger partial charge in [0.05, 0.1) is 6.54 Å². The van der Waals surface area contributed by atoms with Gasteiger partial charge in [-0.1, -0.05) is 25.3 Å². The van der Waals surface area contributed by atoms with Crippen molar-refractivity contribution in [3.05, 3.63) is 24.4 Å². The zero-order chi connectivity index (χ0) is 16.0. The Morgan fingerprint density at radius 3 is 2.74 bits per heavy atom. The van der Waals surface area contributed by atoms with Gasteiger partial charge < -0.3 is 11.1 Å². The van der Waals surface area contributed by atoms with Crippen molar-refractivity contribution in [2.75, 3.05) is 36.5 Å². The molecule has 1 aromatic heterocycles. The van der Waals surface area contributed by atoms with Crippen LogP contribution in [0, 0.1) is 0 Å². The zero-order valence-corrected chi connectivity index (χ0v) is 14.5. The number of anilines is 1. The number of rotatable bonds is 4. The van der Waals surface area contributed by atoms with Gasteiger partial charge in [-0.15, -0.1) is 0 Å². The van der Waals surface area contributed by atoms with Crippen LogP contribution in [0.4, 0.5) is 5.82 Å². The molecule has 2 heterocycles. The number of hydrogen-bond acceptors (Lipinski definition) is 4. The summed E-state index contributed by atoms with van der Waals surface area (Å²) >= 11 is 2.06. The van der Waals surface area contributed by atoms with Crippen LogP contribution in [0.2, 0.25) is 0 Å². The monoisotopic (exact) mass is 333 g/mol. The first kappa shape index (κ1) is 16.6. The van der Waals surface area contributed by atoms with Crippen LogP contribution in [0.15, 0.2) is 29.4 Å². The van der Waals surface area contributed by atoms with E-state index < -0.39 is 0 Å². The van der Waals surface area contributed by atoms with E-state index in [4.69, 9.17) is 5.73 Å². The SMILES string of the molecule is NC(=NCC1(N2CCSCC2)CCCCC1)Nc1ccccn1. The molecule has 0 aromatic carbocycles. The number of pyridine rings is 1. The number of nitrogens with zero attached hydrogens (tertiary/aromatic N) is 3. The lowest BCUT2D eigenvalue weighted by atomic mass is 9.80. The Labute approximate surface area is 143 Å². The molecule has 0 atom stereocenters. The van der Waals surface area contributed by atoms with Crippen LogP contribution in [0.5, 0.6) is 0 Å². The van der Waals surface area contributed by atoms with Crippen molar-refractivity contribution in [1.82, 2.24) is 9.88 Å². The number of nitrogens with one attached hydrogen (secondary N) is 1. The molecule has 0 amide bonds. The molecule has 1 aliphatic heterocycles. The van der Waals surface area contributed by atoms with Crippen molar-refractivity contribution in [3.63, 3.8) is 0 Å². The maximum atomic E-state index is 6.09. The molecular formula is C17H27N5S. The summed E-state index contributed by atoms with van der Waals surface area (Å²) in [4.78, 5) is 11.6. The molecule has 2 aliphatic rings. The third-order valence-electron chi connectivity index (χ3n) is 4.93. The number of aromatic nitrogens is 1. The minimum atomic E-state index is 0.218. The van der Waals surface area contributed by atoms with Crippen LogP contribution in [0.1, 0.15) is 32.1 Å². The molecule has 23 heavy (non-hydrogen) atoms. The van der Waals surface area contributed by atoms with Crippen molar-refractivity contribution in [1.29, 1.82) is 0 Å². The maximum absolute atomic E-state index is 6.09. The molecule has 0 bridgehead atoms. The summed E-state index contributed by atoms with van der Waals surface area (Å²) in [6.45, 7) is 3.17. The molecule has 6 heteroatoms. The molecular weight excluding hydrogens is 306 g/mol. The lowest BCUT2D eigenvalue weighted by Gasteiger charge is -2.47. The van der Waals surface area contributed by atoms with E-state index in [-0.39, 0.29) is 5.54 Å². The van der Waals surface area contributed by atoms with Gasteiger partial charge in [0, 0.05) is 36.3 Å². The normalized spacial score (nSPS) is 22.7. The Balaban J connectivity index is 1.66. The van der Waals surface area contributed by atoms with Crippen molar-refractivity contribution < 1.29 is 0 Å². The van der Waals surface area contributed by atoms with E-state index >= 15 is 0 Å². The first-order valence-corrected chi connectivity index (χ1v) is 9.75. The first-order valence-electron chi connectivity index (χ1n) is 8.59. The minimum Gasteiger partial charge on any atom is -0.370 e.